The van der Waals surface area contributed by atoms with Gasteiger partial charge in [-0.05, 0) is 37.3 Å². The quantitative estimate of drug-likeness (QED) is 0.691. The summed E-state index contributed by atoms with van der Waals surface area (Å²) in [4.78, 5) is 2.81. The fourth-order valence-electron chi connectivity index (χ4n) is 2.33. The Kier molecular flexibility index (Phi) is 3.95. The van der Waals surface area contributed by atoms with Gasteiger partial charge < -0.3 is 0 Å². The van der Waals surface area contributed by atoms with Crippen LogP contribution in [0.15, 0.2) is 66.7 Å². The van der Waals surface area contributed by atoms with Crippen LogP contribution < -0.4 is 5.32 Å². The lowest BCUT2D eigenvalue weighted by atomic mass is 10.1. The SMILES string of the molecule is Cc1ccc(Cc2ccccc2[NH2+]c2ccccc2)s1. The molecule has 0 aliphatic heterocycles. The highest BCUT2D eigenvalue weighted by molar-refractivity contribution is 7.11. The second kappa shape index (κ2) is 6.04. The van der Waals surface area contributed by atoms with Crippen molar-refractivity contribution in [3.8, 4) is 0 Å². The number of quaternary nitrogens is 1. The molecular weight excluding hydrogens is 262 g/mol. The molecule has 20 heavy (non-hydrogen) atoms. The third kappa shape index (κ3) is 3.16. The maximum Gasteiger partial charge on any atom is 0.138 e. The average Bonchev–Trinajstić information content (AvgIpc) is 2.88. The Bertz CT molecular complexity index is 685. The highest BCUT2D eigenvalue weighted by Crippen LogP contribution is 2.22. The zero-order chi connectivity index (χ0) is 13.8. The third-order valence-corrected chi connectivity index (χ3v) is 4.34. The Morgan fingerprint density at radius 1 is 0.850 bits per heavy atom. The summed E-state index contributed by atoms with van der Waals surface area (Å²) in [6.07, 6.45) is 1.01. The molecule has 0 saturated carbocycles. The zero-order valence-corrected chi connectivity index (χ0v) is 12.4. The molecule has 0 unspecified atom stereocenters. The number of aryl methyl sites for hydroxylation is 1. The molecule has 2 heteroatoms. The standard InChI is InChI=1S/C18H17NS/c1-14-11-12-17(20-14)13-15-7-5-6-10-18(15)19-16-8-3-2-4-9-16/h2-12,19H,13H2,1H3/p+1. The fourth-order valence-corrected chi connectivity index (χ4v) is 3.25. The van der Waals surface area contributed by atoms with Gasteiger partial charge in [-0.25, -0.2) is 0 Å². The Balaban J connectivity index is 1.84. The van der Waals surface area contributed by atoms with Crippen LogP contribution in [-0.4, -0.2) is 0 Å². The van der Waals surface area contributed by atoms with Gasteiger partial charge in [-0.15, -0.1) is 11.3 Å². The van der Waals surface area contributed by atoms with Gasteiger partial charge in [0.15, 0.2) is 0 Å². The van der Waals surface area contributed by atoms with Gasteiger partial charge in [-0.3, -0.25) is 5.32 Å². The van der Waals surface area contributed by atoms with Crippen LogP contribution in [0.5, 0.6) is 0 Å². The highest BCUT2D eigenvalue weighted by atomic mass is 32.1. The minimum absolute atomic E-state index is 1.01. The molecule has 1 nitrogen and oxygen atoms in total. The Hall–Kier alpha value is -1.90. The molecule has 2 N–H and O–H groups in total. The van der Waals surface area contributed by atoms with E-state index in [1.807, 2.05) is 11.3 Å². The summed E-state index contributed by atoms with van der Waals surface area (Å²) in [5.74, 6) is 0. The van der Waals surface area contributed by atoms with Crippen molar-refractivity contribution in [2.45, 2.75) is 13.3 Å². The van der Waals surface area contributed by atoms with Crippen LogP contribution >= 0.6 is 11.3 Å². The van der Waals surface area contributed by atoms with Crippen molar-refractivity contribution in [1.82, 2.24) is 0 Å². The summed E-state index contributed by atoms with van der Waals surface area (Å²) in [6, 6.07) is 23.6. The molecule has 2 aromatic carbocycles. The van der Waals surface area contributed by atoms with Gasteiger partial charge in [0.05, 0.1) is 0 Å². The summed E-state index contributed by atoms with van der Waals surface area (Å²) >= 11 is 1.88. The summed E-state index contributed by atoms with van der Waals surface area (Å²) in [6.45, 7) is 2.16. The van der Waals surface area contributed by atoms with Gasteiger partial charge >= 0.3 is 0 Å². The van der Waals surface area contributed by atoms with Gasteiger partial charge in [0.1, 0.15) is 11.4 Å². The molecule has 0 spiro atoms. The van der Waals surface area contributed by atoms with E-state index in [-0.39, 0.29) is 0 Å². The molecule has 0 saturated heterocycles. The van der Waals surface area contributed by atoms with Crippen LogP contribution in [-0.2, 0) is 6.42 Å². The van der Waals surface area contributed by atoms with E-state index in [9.17, 15) is 0 Å². The molecule has 0 atom stereocenters. The fraction of sp³-hybridized carbons (Fsp3) is 0.111. The summed E-state index contributed by atoms with van der Waals surface area (Å²) < 4.78 is 0. The minimum Gasteiger partial charge on any atom is -0.281 e. The summed E-state index contributed by atoms with van der Waals surface area (Å²) in [7, 11) is 0. The minimum atomic E-state index is 1.01. The number of hydrogen-bond donors (Lipinski definition) is 1. The van der Waals surface area contributed by atoms with E-state index in [1.54, 1.807) is 0 Å². The largest absolute Gasteiger partial charge is 0.281 e. The van der Waals surface area contributed by atoms with E-state index in [4.69, 9.17) is 0 Å². The van der Waals surface area contributed by atoms with Crippen molar-refractivity contribution < 1.29 is 5.32 Å². The lowest BCUT2D eigenvalue weighted by molar-refractivity contribution is -0.479. The predicted octanol–water partition coefficient (Wildman–Crippen LogP) is 4.17. The molecule has 0 bridgehead atoms. The molecule has 0 amide bonds. The van der Waals surface area contributed by atoms with E-state index < -0.39 is 0 Å². The van der Waals surface area contributed by atoms with Gasteiger partial charge in [0, 0.05) is 21.7 Å². The lowest BCUT2D eigenvalue weighted by Gasteiger charge is -2.06. The van der Waals surface area contributed by atoms with Crippen molar-refractivity contribution >= 4 is 22.7 Å². The van der Waals surface area contributed by atoms with Crippen molar-refractivity contribution in [2.75, 3.05) is 0 Å². The van der Waals surface area contributed by atoms with Crippen LogP contribution in [0.2, 0.25) is 0 Å². The number of rotatable bonds is 4. The Morgan fingerprint density at radius 2 is 1.60 bits per heavy atom. The highest BCUT2D eigenvalue weighted by Gasteiger charge is 2.08. The van der Waals surface area contributed by atoms with Gasteiger partial charge in [0.2, 0.25) is 0 Å². The van der Waals surface area contributed by atoms with E-state index in [0.717, 1.165) is 6.42 Å². The van der Waals surface area contributed by atoms with Crippen molar-refractivity contribution in [3.05, 3.63) is 82.0 Å². The van der Waals surface area contributed by atoms with Crippen LogP contribution in [0, 0.1) is 6.92 Å². The van der Waals surface area contributed by atoms with E-state index in [2.05, 4.69) is 79.0 Å². The Morgan fingerprint density at radius 3 is 2.35 bits per heavy atom. The second-order valence-electron chi connectivity index (χ2n) is 4.94. The molecule has 1 aromatic heterocycles. The smallest absolute Gasteiger partial charge is 0.138 e. The number of thiophene rings is 1. The molecule has 0 radical (unpaired) electrons. The maximum atomic E-state index is 2.26. The van der Waals surface area contributed by atoms with E-state index >= 15 is 0 Å². The predicted molar refractivity (Wildman–Crippen MR) is 86.0 cm³/mol. The number of benzene rings is 2. The topological polar surface area (TPSA) is 16.6 Å². The first-order valence-corrected chi connectivity index (χ1v) is 7.66. The zero-order valence-electron chi connectivity index (χ0n) is 11.5. The van der Waals surface area contributed by atoms with Crippen molar-refractivity contribution in [1.29, 1.82) is 0 Å². The average molecular weight is 280 g/mol. The lowest BCUT2D eigenvalue weighted by Crippen LogP contribution is -2.71. The molecular formula is C18H18NS+. The first-order chi connectivity index (χ1) is 9.81. The van der Waals surface area contributed by atoms with Crippen LogP contribution in [0.3, 0.4) is 0 Å². The van der Waals surface area contributed by atoms with Crippen molar-refractivity contribution in [3.63, 3.8) is 0 Å². The molecule has 0 aliphatic rings. The second-order valence-corrected chi connectivity index (χ2v) is 6.32. The van der Waals surface area contributed by atoms with Crippen molar-refractivity contribution in [2.24, 2.45) is 0 Å². The van der Waals surface area contributed by atoms with Crippen LogP contribution in [0.25, 0.3) is 0 Å². The molecule has 3 rings (SSSR count). The Labute approximate surface area is 123 Å². The first kappa shape index (κ1) is 13.1. The molecule has 3 aromatic rings. The van der Waals surface area contributed by atoms with E-state index in [0.29, 0.717) is 0 Å². The van der Waals surface area contributed by atoms with Gasteiger partial charge in [0.25, 0.3) is 0 Å². The number of hydrogen-bond acceptors (Lipinski definition) is 1. The molecule has 0 aliphatic carbocycles. The normalized spacial score (nSPS) is 10.7. The van der Waals surface area contributed by atoms with Gasteiger partial charge in [-0.1, -0.05) is 36.4 Å². The number of para-hydroxylation sites is 2. The summed E-state index contributed by atoms with van der Waals surface area (Å²) in [5.41, 5.74) is 3.95. The molecule has 0 fully saturated rings. The monoisotopic (exact) mass is 280 g/mol. The van der Waals surface area contributed by atoms with Gasteiger partial charge in [-0.2, -0.15) is 0 Å². The van der Waals surface area contributed by atoms with Crippen LogP contribution in [0.1, 0.15) is 15.3 Å². The molecule has 1 heterocycles. The number of nitrogens with two attached hydrogens (primary N) is 1. The first-order valence-electron chi connectivity index (χ1n) is 6.84. The third-order valence-electron chi connectivity index (χ3n) is 3.34. The summed E-state index contributed by atoms with van der Waals surface area (Å²) in [5, 5.41) is 2.26. The van der Waals surface area contributed by atoms with E-state index in [1.165, 1.54) is 26.7 Å². The van der Waals surface area contributed by atoms with Crippen LogP contribution in [0.4, 0.5) is 11.4 Å². The maximum absolute atomic E-state index is 2.26. The molecule has 100 valence electrons.